The second-order valence-electron chi connectivity index (χ2n) is 17.9. The van der Waals surface area contributed by atoms with Gasteiger partial charge in [-0.05, 0) is 134 Å². The van der Waals surface area contributed by atoms with E-state index in [0.29, 0.717) is 11.8 Å². The quantitative estimate of drug-likeness (QED) is 0.143. The largest absolute Gasteiger partial charge is 0.310 e. The molecule has 282 valence electrons. The Morgan fingerprint density at radius 1 is 0.589 bits per heavy atom. The van der Waals surface area contributed by atoms with Crippen LogP contribution in [0.15, 0.2) is 146 Å². The van der Waals surface area contributed by atoms with Crippen LogP contribution >= 0.6 is 0 Å². The van der Waals surface area contributed by atoms with Gasteiger partial charge in [-0.1, -0.05) is 171 Å². The van der Waals surface area contributed by atoms with E-state index in [9.17, 15) is 0 Å². The SMILES string of the molecule is CCC(C)c1ccccc1-c1ccc(N(c2ccccc2)c2cc3c(c4ccccc24)-c2ccc(CC(C)c4ccc(C(C)(C)C)cc4)cc2C3(C)C)cc1C. The van der Waals surface area contributed by atoms with Gasteiger partial charge >= 0.3 is 0 Å². The number of anilines is 3. The molecule has 56 heavy (non-hydrogen) atoms. The predicted octanol–water partition coefficient (Wildman–Crippen LogP) is 15.7. The normalized spacial score (nSPS) is 14.3. The molecule has 1 aliphatic rings. The zero-order valence-electron chi connectivity index (χ0n) is 34.9. The molecule has 0 aliphatic heterocycles. The van der Waals surface area contributed by atoms with Crippen LogP contribution in [0.3, 0.4) is 0 Å². The fraction of sp³-hybridized carbons (Fsp3) is 0.273. The maximum Gasteiger partial charge on any atom is 0.0543 e. The van der Waals surface area contributed by atoms with Crippen molar-refractivity contribution in [1.29, 1.82) is 0 Å². The highest BCUT2D eigenvalue weighted by Crippen LogP contribution is 2.55. The third-order valence-electron chi connectivity index (χ3n) is 12.7. The Hall–Kier alpha value is -5.40. The van der Waals surface area contributed by atoms with Crippen molar-refractivity contribution < 1.29 is 0 Å². The Morgan fingerprint density at radius 2 is 1.25 bits per heavy atom. The topological polar surface area (TPSA) is 3.24 Å². The van der Waals surface area contributed by atoms with Gasteiger partial charge in [0, 0.05) is 22.2 Å². The molecule has 2 unspecified atom stereocenters. The molecule has 7 aromatic rings. The maximum absolute atomic E-state index is 2.51. The third-order valence-corrected chi connectivity index (χ3v) is 12.7. The molecule has 0 amide bonds. The van der Waals surface area contributed by atoms with E-state index < -0.39 is 0 Å². The second kappa shape index (κ2) is 14.6. The van der Waals surface area contributed by atoms with Gasteiger partial charge in [0.05, 0.1) is 5.69 Å². The first kappa shape index (κ1) is 37.5. The van der Waals surface area contributed by atoms with Gasteiger partial charge in [-0.15, -0.1) is 0 Å². The highest BCUT2D eigenvalue weighted by molar-refractivity contribution is 6.10. The summed E-state index contributed by atoms with van der Waals surface area (Å²) in [4.78, 5) is 2.48. The molecular weight excluding hydrogens is 675 g/mol. The summed E-state index contributed by atoms with van der Waals surface area (Å²) in [5.41, 5.74) is 18.6. The van der Waals surface area contributed by atoms with Gasteiger partial charge in [-0.2, -0.15) is 0 Å². The van der Waals surface area contributed by atoms with Crippen molar-refractivity contribution >= 4 is 27.8 Å². The molecule has 0 N–H and O–H groups in total. The fourth-order valence-electron chi connectivity index (χ4n) is 9.19. The van der Waals surface area contributed by atoms with E-state index in [-0.39, 0.29) is 10.8 Å². The maximum atomic E-state index is 2.51. The van der Waals surface area contributed by atoms with Crippen LogP contribution in [0.2, 0.25) is 0 Å². The molecule has 1 heteroatoms. The Labute approximate surface area is 336 Å². The van der Waals surface area contributed by atoms with Gasteiger partial charge in [0.15, 0.2) is 0 Å². The number of para-hydroxylation sites is 1. The number of aryl methyl sites for hydroxylation is 1. The van der Waals surface area contributed by atoms with Crippen molar-refractivity contribution in [1.82, 2.24) is 0 Å². The highest BCUT2D eigenvalue weighted by atomic mass is 15.1. The number of rotatable bonds is 9. The number of benzene rings is 7. The first-order valence-corrected chi connectivity index (χ1v) is 20.7. The Balaban J connectivity index is 1.22. The number of hydrogen-bond acceptors (Lipinski definition) is 1. The third kappa shape index (κ3) is 6.66. The van der Waals surface area contributed by atoms with Gasteiger partial charge in [-0.3, -0.25) is 0 Å². The summed E-state index contributed by atoms with van der Waals surface area (Å²) in [6.45, 7) is 21.0. The summed E-state index contributed by atoms with van der Waals surface area (Å²) < 4.78 is 0. The van der Waals surface area contributed by atoms with Crippen molar-refractivity contribution in [3.8, 4) is 22.3 Å². The van der Waals surface area contributed by atoms with Crippen LogP contribution in [0.5, 0.6) is 0 Å². The van der Waals surface area contributed by atoms with E-state index in [4.69, 9.17) is 0 Å². The number of nitrogens with zero attached hydrogens (tertiary/aromatic N) is 1. The lowest BCUT2D eigenvalue weighted by Gasteiger charge is -2.30. The van der Waals surface area contributed by atoms with Crippen molar-refractivity contribution in [2.45, 2.75) is 97.8 Å². The summed E-state index contributed by atoms with van der Waals surface area (Å²) in [5.74, 6) is 0.931. The molecule has 0 saturated heterocycles. The van der Waals surface area contributed by atoms with Crippen molar-refractivity contribution in [3.63, 3.8) is 0 Å². The Kier molecular flexibility index (Phi) is 9.78. The molecule has 7 aromatic carbocycles. The van der Waals surface area contributed by atoms with E-state index in [1.807, 2.05) is 0 Å². The average Bonchev–Trinajstić information content (AvgIpc) is 3.43. The molecule has 0 bridgehead atoms. The van der Waals surface area contributed by atoms with Gasteiger partial charge < -0.3 is 4.90 Å². The van der Waals surface area contributed by atoms with Crippen LogP contribution in [0.25, 0.3) is 33.0 Å². The van der Waals surface area contributed by atoms with E-state index in [0.717, 1.165) is 18.5 Å². The van der Waals surface area contributed by atoms with Crippen LogP contribution in [0, 0.1) is 6.92 Å². The lowest BCUT2D eigenvalue weighted by atomic mass is 9.80. The summed E-state index contributed by atoms with van der Waals surface area (Å²) in [6.07, 6.45) is 2.13. The number of fused-ring (bicyclic) bond motifs is 5. The minimum absolute atomic E-state index is 0.161. The van der Waals surface area contributed by atoms with E-state index in [2.05, 4.69) is 213 Å². The predicted molar refractivity (Wildman–Crippen MR) is 242 cm³/mol. The molecule has 0 aromatic heterocycles. The van der Waals surface area contributed by atoms with E-state index >= 15 is 0 Å². The molecule has 1 aliphatic carbocycles. The van der Waals surface area contributed by atoms with Crippen LogP contribution in [-0.2, 0) is 17.3 Å². The lowest BCUT2D eigenvalue weighted by Crippen LogP contribution is -2.17. The smallest absolute Gasteiger partial charge is 0.0543 e. The van der Waals surface area contributed by atoms with Crippen LogP contribution < -0.4 is 4.90 Å². The van der Waals surface area contributed by atoms with Crippen molar-refractivity contribution in [3.05, 3.63) is 185 Å². The van der Waals surface area contributed by atoms with Crippen LogP contribution in [-0.4, -0.2) is 0 Å². The molecule has 2 atom stereocenters. The summed E-state index contributed by atoms with van der Waals surface area (Å²) >= 11 is 0. The van der Waals surface area contributed by atoms with Crippen molar-refractivity contribution in [2.75, 3.05) is 4.90 Å². The standard InChI is InChI=1S/C55H57N/c1-10-36(2)44-20-14-15-21-46(44)45-31-29-43(33-38(45)4)56(42-18-12-11-13-19-42)52-35-51-53(48-23-17-16-22-47(48)52)49-30-24-39(34-50(49)55(51,8)9)32-37(3)40-25-27-41(28-26-40)54(5,6)7/h11-31,33-37H,10,32H2,1-9H3. The molecule has 0 heterocycles. The Bertz CT molecular complexity index is 2530. The summed E-state index contributed by atoms with van der Waals surface area (Å²) in [6, 6.07) is 55.1. The summed E-state index contributed by atoms with van der Waals surface area (Å²) in [5, 5.41) is 2.57. The first-order valence-electron chi connectivity index (χ1n) is 20.7. The first-order chi connectivity index (χ1) is 26.9. The fourth-order valence-corrected chi connectivity index (χ4v) is 9.19. The highest BCUT2D eigenvalue weighted by Gasteiger charge is 2.38. The molecule has 8 rings (SSSR count). The molecular formula is C55H57N. The van der Waals surface area contributed by atoms with Crippen molar-refractivity contribution in [2.24, 2.45) is 0 Å². The lowest BCUT2D eigenvalue weighted by molar-refractivity contribution is 0.589. The molecule has 0 radical (unpaired) electrons. The van der Waals surface area contributed by atoms with Crippen LogP contribution in [0.4, 0.5) is 17.1 Å². The van der Waals surface area contributed by atoms with E-state index in [1.165, 1.54) is 83.3 Å². The molecule has 0 saturated carbocycles. The van der Waals surface area contributed by atoms with Gasteiger partial charge in [0.1, 0.15) is 0 Å². The average molecular weight is 732 g/mol. The number of hydrogen-bond donors (Lipinski definition) is 0. The van der Waals surface area contributed by atoms with E-state index in [1.54, 1.807) is 0 Å². The zero-order chi connectivity index (χ0) is 39.4. The van der Waals surface area contributed by atoms with Crippen LogP contribution in [0.1, 0.15) is 113 Å². The minimum atomic E-state index is -0.168. The molecule has 0 spiro atoms. The zero-order valence-corrected chi connectivity index (χ0v) is 34.9. The monoisotopic (exact) mass is 731 g/mol. The summed E-state index contributed by atoms with van der Waals surface area (Å²) in [7, 11) is 0. The molecule has 1 nitrogen and oxygen atoms in total. The molecule has 0 fully saturated rings. The van der Waals surface area contributed by atoms with Gasteiger partial charge in [-0.25, -0.2) is 0 Å². The van der Waals surface area contributed by atoms with Gasteiger partial charge in [0.2, 0.25) is 0 Å². The van der Waals surface area contributed by atoms with Gasteiger partial charge in [0.25, 0.3) is 0 Å². The second-order valence-corrected chi connectivity index (χ2v) is 17.9. The Morgan fingerprint density at radius 3 is 1.95 bits per heavy atom. The minimum Gasteiger partial charge on any atom is -0.310 e.